The van der Waals surface area contributed by atoms with Crippen LogP contribution >= 0.6 is 11.6 Å². The van der Waals surface area contributed by atoms with Gasteiger partial charge < -0.3 is 15.1 Å². The van der Waals surface area contributed by atoms with Crippen molar-refractivity contribution >= 4 is 17.6 Å². The molecule has 2 aromatic heterocycles. The minimum absolute atomic E-state index is 0.00769. The molecule has 0 bridgehead atoms. The van der Waals surface area contributed by atoms with Gasteiger partial charge in [-0.3, -0.25) is 10.1 Å². The summed E-state index contributed by atoms with van der Waals surface area (Å²) in [5.74, 6) is 2.47. The van der Waals surface area contributed by atoms with Crippen LogP contribution in [0.5, 0.6) is 0 Å². The van der Waals surface area contributed by atoms with Gasteiger partial charge in [-0.1, -0.05) is 29.8 Å². The van der Waals surface area contributed by atoms with Gasteiger partial charge in [-0.2, -0.15) is 0 Å². The largest absolute Gasteiger partial charge is 0.461 e. The molecule has 0 aliphatic rings. The van der Waals surface area contributed by atoms with E-state index in [4.69, 9.17) is 16.0 Å². The monoisotopic (exact) mass is 358 g/mol. The fraction of sp³-hybridized carbons (Fsp3) is 0.235. The molecule has 0 fully saturated rings. The lowest BCUT2D eigenvalue weighted by Gasteiger charge is -2.18. The molecular formula is C17H19ClN6O. The average molecular weight is 359 g/mol. The van der Waals surface area contributed by atoms with E-state index in [-0.39, 0.29) is 6.04 Å². The van der Waals surface area contributed by atoms with E-state index in [2.05, 4.69) is 30.8 Å². The second kappa shape index (κ2) is 7.85. The summed E-state index contributed by atoms with van der Waals surface area (Å²) in [5, 5.41) is 14.2. The normalized spacial score (nSPS) is 12.8. The number of hydrogen-bond donors (Lipinski definition) is 3. The topological polar surface area (TPSA) is 91.1 Å². The van der Waals surface area contributed by atoms with Crippen molar-refractivity contribution in [3.8, 4) is 11.6 Å². The van der Waals surface area contributed by atoms with Crippen LogP contribution < -0.4 is 10.6 Å². The Kier molecular flexibility index (Phi) is 5.35. The maximum atomic E-state index is 6.24. The lowest BCUT2D eigenvalue weighted by molar-refractivity contribution is 0.577. The van der Waals surface area contributed by atoms with E-state index in [0.717, 1.165) is 10.6 Å². The first kappa shape index (κ1) is 17.0. The number of nitrogens with zero attached hydrogens (tertiary/aromatic N) is 3. The van der Waals surface area contributed by atoms with Gasteiger partial charge in [-0.25, -0.2) is 4.98 Å². The Morgan fingerprint density at radius 3 is 2.88 bits per heavy atom. The molecule has 1 atom stereocenters. The number of aromatic nitrogens is 3. The molecule has 3 N–H and O–H groups in total. The van der Waals surface area contributed by atoms with Crippen LogP contribution in [0.2, 0.25) is 5.02 Å². The van der Waals surface area contributed by atoms with E-state index in [1.54, 1.807) is 19.4 Å². The number of H-pyrrole nitrogens is 1. The minimum Gasteiger partial charge on any atom is -0.461 e. The highest BCUT2D eigenvalue weighted by atomic mass is 35.5. The van der Waals surface area contributed by atoms with E-state index in [1.807, 2.05) is 37.3 Å². The molecule has 2 heterocycles. The fourth-order valence-electron chi connectivity index (χ4n) is 2.36. The number of benzene rings is 1. The van der Waals surface area contributed by atoms with Crippen LogP contribution in [-0.2, 0) is 6.54 Å². The number of aliphatic imine (C=N–C) groups is 1. The summed E-state index contributed by atoms with van der Waals surface area (Å²) in [6, 6.07) is 11.3. The van der Waals surface area contributed by atoms with Gasteiger partial charge in [-0.05, 0) is 30.7 Å². The third-order valence-corrected chi connectivity index (χ3v) is 3.99. The number of guanidine groups is 1. The van der Waals surface area contributed by atoms with Crippen molar-refractivity contribution in [2.75, 3.05) is 7.05 Å². The van der Waals surface area contributed by atoms with Crippen LogP contribution in [0.15, 0.2) is 52.1 Å². The summed E-state index contributed by atoms with van der Waals surface area (Å²) < 4.78 is 5.28. The molecule has 0 aliphatic carbocycles. The van der Waals surface area contributed by atoms with Crippen molar-refractivity contribution < 1.29 is 4.42 Å². The van der Waals surface area contributed by atoms with Gasteiger partial charge in [0, 0.05) is 12.1 Å². The first-order valence-electron chi connectivity index (χ1n) is 7.84. The van der Waals surface area contributed by atoms with Crippen molar-refractivity contribution in [1.82, 2.24) is 25.8 Å². The molecule has 7 nitrogen and oxygen atoms in total. The standard InChI is InChI=1S/C17H19ClN6O/c1-11(12-6-3-4-7-13(12)18)21-17(19-2)20-10-15-22-16(24-23-15)14-8-5-9-25-14/h3-9,11H,10H2,1-2H3,(H2,19,20,21)(H,22,23,24). The summed E-state index contributed by atoms with van der Waals surface area (Å²) >= 11 is 6.24. The highest BCUT2D eigenvalue weighted by Crippen LogP contribution is 2.22. The Morgan fingerprint density at radius 2 is 2.16 bits per heavy atom. The SMILES string of the molecule is CN=C(NCc1nc(-c2ccco2)n[nH]1)NC(C)c1ccccc1Cl. The number of furan rings is 1. The predicted octanol–water partition coefficient (Wildman–Crippen LogP) is 3.14. The number of aromatic amines is 1. The number of rotatable bonds is 5. The van der Waals surface area contributed by atoms with E-state index in [1.165, 1.54) is 0 Å². The lowest BCUT2D eigenvalue weighted by Crippen LogP contribution is -2.38. The van der Waals surface area contributed by atoms with E-state index in [0.29, 0.717) is 29.9 Å². The van der Waals surface area contributed by atoms with Gasteiger partial charge in [0.05, 0.1) is 18.8 Å². The first-order valence-corrected chi connectivity index (χ1v) is 8.22. The number of hydrogen-bond acceptors (Lipinski definition) is 4. The molecular weight excluding hydrogens is 340 g/mol. The molecule has 0 spiro atoms. The van der Waals surface area contributed by atoms with Crippen LogP contribution in [0.25, 0.3) is 11.6 Å². The van der Waals surface area contributed by atoms with Crippen molar-refractivity contribution in [2.24, 2.45) is 4.99 Å². The van der Waals surface area contributed by atoms with E-state index >= 15 is 0 Å². The second-order valence-electron chi connectivity index (χ2n) is 5.40. The van der Waals surface area contributed by atoms with Crippen LogP contribution in [-0.4, -0.2) is 28.2 Å². The van der Waals surface area contributed by atoms with Crippen molar-refractivity contribution in [2.45, 2.75) is 19.5 Å². The molecule has 3 aromatic rings. The molecule has 3 rings (SSSR count). The van der Waals surface area contributed by atoms with Crippen LogP contribution in [0.1, 0.15) is 24.4 Å². The van der Waals surface area contributed by atoms with Crippen molar-refractivity contribution in [1.29, 1.82) is 0 Å². The summed E-state index contributed by atoms with van der Waals surface area (Å²) in [4.78, 5) is 8.61. The maximum Gasteiger partial charge on any atom is 0.216 e. The summed E-state index contributed by atoms with van der Waals surface area (Å²) in [6.07, 6.45) is 1.59. The van der Waals surface area contributed by atoms with Crippen LogP contribution in [0.3, 0.4) is 0 Å². The zero-order chi connectivity index (χ0) is 17.6. The Hall–Kier alpha value is -2.80. The van der Waals surface area contributed by atoms with Gasteiger partial charge >= 0.3 is 0 Å². The Morgan fingerprint density at radius 1 is 1.32 bits per heavy atom. The maximum absolute atomic E-state index is 6.24. The van der Waals surface area contributed by atoms with Gasteiger partial charge in [-0.15, -0.1) is 5.10 Å². The molecule has 8 heteroatoms. The van der Waals surface area contributed by atoms with Gasteiger partial charge in [0.15, 0.2) is 11.7 Å². The molecule has 1 unspecified atom stereocenters. The second-order valence-corrected chi connectivity index (χ2v) is 5.80. The summed E-state index contributed by atoms with van der Waals surface area (Å²) in [6.45, 7) is 2.47. The quantitative estimate of drug-likeness (QED) is 0.481. The zero-order valence-corrected chi connectivity index (χ0v) is 14.7. The van der Waals surface area contributed by atoms with Crippen molar-refractivity contribution in [3.63, 3.8) is 0 Å². The van der Waals surface area contributed by atoms with Crippen LogP contribution in [0.4, 0.5) is 0 Å². The lowest BCUT2D eigenvalue weighted by atomic mass is 10.1. The molecule has 0 aliphatic heterocycles. The van der Waals surface area contributed by atoms with Crippen molar-refractivity contribution in [3.05, 3.63) is 59.1 Å². The fourth-order valence-corrected chi connectivity index (χ4v) is 2.66. The molecule has 0 saturated heterocycles. The Balaban J connectivity index is 1.59. The smallest absolute Gasteiger partial charge is 0.216 e. The summed E-state index contributed by atoms with van der Waals surface area (Å²) in [7, 11) is 1.71. The molecule has 130 valence electrons. The highest BCUT2D eigenvalue weighted by molar-refractivity contribution is 6.31. The molecule has 25 heavy (non-hydrogen) atoms. The van der Waals surface area contributed by atoms with Gasteiger partial charge in [0.1, 0.15) is 5.82 Å². The van der Waals surface area contributed by atoms with Gasteiger partial charge in [0.25, 0.3) is 0 Å². The predicted molar refractivity (Wildman–Crippen MR) is 97.3 cm³/mol. The third-order valence-electron chi connectivity index (χ3n) is 3.65. The molecule has 0 radical (unpaired) electrons. The first-order chi connectivity index (χ1) is 12.2. The van der Waals surface area contributed by atoms with E-state index in [9.17, 15) is 0 Å². The minimum atomic E-state index is 0.00769. The Bertz CT molecular complexity index is 842. The number of nitrogens with one attached hydrogen (secondary N) is 3. The molecule has 1 aromatic carbocycles. The van der Waals surface area contributed by atoms with E-state index < -0.39 is 0 Å². The highest BCUT2D eigenvalue weighted by Gasteiger charge is 2.12. The zero-order valence-electron chi connectivity index (χ0n) is 14.0. The molecule has 0 saturated carbocycles. The summed E-state index contributed by atoms with van der Waals surface area (Å²) in [5.41, 5.74) is 1.01. The number of halogens is 1. The Labute approximate surface area is 150 Å². The van der Waals surface area contributed by atoms with Crippen LogP contribution in [0, 0.1) is 0 Å². The average Bonchev–Trinajstić information content (AvgIpc) is 3.30. The van der Waals surface area contributed by atoms with Gasteiger partial charge in [0.2, 0.25) is 5.82 Å². The molecule has 0 amide bonds. The third kappa shape index (κ3) is 4.19.